The summed E-state index contributed by atoms with van der Waals surface area (Å²) in [6.45, 7) is 0. The lowest BCUT2D eigenvalue weighted by molar-refractivity contribution is -0.0274. The molecular weight excluding hydrogens is 544 g/mol. The normalized spacial score (nSPS) is 17.8. The number of hydrogen-bond acceptors (Lipinski definition) is 13. The molecule has 0 aliphatic carbocycles. The number of hydrogen-bond donors (Lipinski definition) is 10. The molecule has 0 spiro atoms. The first-order valence-corrected chi connectivity index (χ1v) is 11.8. The highest BCUT2D eigenvalue weighted by Crippen LogP contribution is 2.55. The van der Waals surface area contributed by atoms with Gasteiger partial charge < -0.3 is 60.5 Å². The SMILES string of the molecule is O=C(O[C@@H]1[C@@H](c2c(O)cc(O)cc2O)c2c(O)cc(O)cc2O[C@@H]1c1ccc(O)c(O)c1)c1cc(O)c(O)c(O)c1. The molecule has 13 nitrogen and oxygen atoms in total. The van der Waals surface area contributed by atoms with Crippen molar-refractivity contribution in [1.82, 2.24) is 0 Å². The second-order valence-corrected chi connectivity index (χ2v) is 9.27. The van der Waals surface area contributed by atoms with E-state index in [1.54, 1.807) is 0 Å². The van der Waals surface area contributed by atoms with Gasteiger partial charge in [0, 0.05) is 41.0 Å². The van der Waals surface area contributed by atoms with Gasteiger partial charge in [-0.25, -0.2) is 4.79 Å². The minimum atomic E-state index is -1.63. The summed E-state index contributed by atoms with van der Waals surface area (Å²) in [4.78, 5) is 13.3. The molecule has 4 aromatic rings. The maximum Gasteiger partial charge on any atom is 0.338 e. The maximum absolute atomic E-state index is 13.3. The van der Waals surface area contributed by atoms with Crippen LogP contribution in [0.3, 0.4) is 0 Å². The van der Waals surface area contributed by atoms with Gasteiger partial charge in [-0.3, -0.25) is 0 Å². The molecule has 1 aliphatic rings. The van der Waals surface area contributed by atoms with Crippen LogP contribution in [0.25, 0.3) is 0 Å². The van der Waals surface area contributed by atoms with Crippen LogP contribution in [0.5, 0.6) is 63.2 Å². The van der Waals surface area contributed by atoms with Gasteiger partial charge in [0.1, 0.15) is 34.5 Å². The van der Waals surface area contributed by atoms with E-state index < -0.39 is 87.2 Å². The highest BCUT2D eigenvalue weighted by Gasteiger charge is 2.47. The Labute approximate surface area is 229 Å². The van der Waals surface area contributed by atoms with Gasteiger partial charge in [-0.1, -0.05) is 6.07 Å². The minimum Gasteiger partial charge on any atom is -0.508 e. The molecule has 10 N–H and O–H groups in total. The van der Waals surface area contributed by atoms with Gasteiger partial charge in [-0.15, -0.1) is 0 Å². The van der Waals surface area contributed by atoms with E-state index in [1.807, 2.05) is 0 Å². The minimum absolute atomic E-state index is 0.0886. The quantitative estimate of drug-likeness (QED) is 0.126. The number of phenols is 10. The molecule has 0 fully saturated rings. The fraction of sp³-hybridized carbons (Fsp3) is 0.107. The van der Waals surface area contributed by atoms with E-state index in [0.29, 0.717) is 0 Å². The van der Waals surface area contributed by atoms with Gasteiger partial charge in [0.2, 0.25) is 0 Å². The third kappa shape index (κ3) is 4.65. The molecule has 0 saturated heterocycles. The highest BCUT2D eigenvalue weighted by atomic mass is 16.6. The molecule has 1 heterocycles. The average molecular weight is 566 g/mol. The van der Waals surface area contributed by atoms with Gasteiger partial charge in [-0.05, 0) is 24.3 Å². The van der Waals surface area contributed by atoms with Gasteiger partial charge in [0.25, 0.3) is 0 Å². The lowest BCUT2D eigenvalue weighted by atomic mass is 9.78. The molecule has 0 aromatic heterocycles. The molecule has 0 amide bonds. The summed E-state index contributed by atoms with van der Waals surface area (Å²) in [5, 5.41) is 102. The molecule has 0 bridgehead atoms. The second-order valence-electron chi connectivity index (χ2n) is 9.27. The zero-order valence-electron chi connectivity index (χ0n) is 20.6. The summed E-state index contributed by atoms with van der Waals surface area (Å²) in [5.41, 5.74) is -0.849. The average Bonchev–Trinajstić information content (AvgIpc) is 2.88. The molecule has 0 unspecified atom stereocenters. The number of benzene rings is 4. The first-order chi connectivity index (χ1) is 19.3. The Morgan fingerprint density at radius 2 is 1.17 bits per heavy atom. The van der Waals surface area contributed by atoms with E-state index >= 15 is 0 Å². The van der Waals surface area contributed by atoms with Crippen LogP contribution in [0, 0.1) is 0 Å². The molecule has 3 atom stereocenters. The molecule has 0 saturated carbocycles. The number of carbonyl (C=O) groups excluding carboxylic acids is 1. The Bertz CT molecular complexity index is 1650. The van der Waals surface area contributed by atoms with Gasteiger partial charge in [0.05, 0.1) is 11.5 Å². The van der Waals surface area contributed by atoms with E-state index in [4.69, 9.17) is 9.47 Å². The largest absolute Gasteiger partial charge is 0.508 e. The van der Waals surface area contributed by atoms with Crippen molar-refractivity contribution in [3.05, 3.63) is 76.9 Å². The van der Waals surface area contributed by atoms with E-state index in [2.05, 4.69) is 0 Å². The number of phenolic OH excluding ortho intramolecular Hbond substituents is 10. The highest BCUT2D eigenvalue weighted by molar-refractivity contribution is 5.91. The smallest absolute Gasteiger partial charge is 0.338 e. The summed E-state index contributed by atoms with van der Waals surface area (Å²) < 4.78 is 11.7. The number of carbonyl (C=O) groups is 1. The number of aromatic hydroxyl groups is 10. The van der Waals surface area contributed by atoms with E-state index in [1.165, 1.54) is 6.07 Å². The summed E-state index contributed by atoms with van der Waals surface area (Å²) in [7, 11) is 0. The van der Waals surface area contributed by atoms with Crippen molar-refractivity contribution in [3.63, 3.8) is 0 Å². The number of rotatable bonds is 4. The zero-order chi connectivity index (χ0) is 29.7. The predicted molar refractivity (Wildman–Crippen MR) is 137 cm³/mol. The Morgan fingerprint density at radius 3 is 1.76 bits per heavy atom. The molecule has 0 radical (unpaired) electrons. The van der Waals surface area contributed by atoms with Crippen molar-refractivity contribution >= 4 is 5.97 Å². The number of ether oxygens (including phenoxy) is 2. The monoisotopic (exact) mass is 566 g/mol. The summed E-state index contributed by atoms with van der Waals surface area (Å²) in [5.74, 6) is -9.43. The summed E-state index contributed by atoms with van der Waals surface area (Å²) in [6.07, 6.45) is -3.05. The van der Waals surface area contributed by atoms with Crippen LogP contribution in [0.1, 0.15) is 39.1 Å². The lowest BCUT2D eigenvalue weighted by Gasteiger charge is -2.40. The van der Waals surface area contributed by atoms with Crippen LogP contribution in [0.4, 0.5) is 0 Å². The topological polar surface area (TPSA) is 238 Å². The second kappa shape index (κ2) is 9.72. The zero-order valence-corrected chi connectivity index (χ0v) is 20.6. The molecule has 1 aliphatic heterocycles. The van der Waals surface area contributed by atoms with Gasteiger partial charge in [-0.2, -0.15) is 0 Å². The van der Waals surface area contributed by atoms with Gasteiger partial charge >= 0.3 is 5.97 Å². The third-order valence-corrected chi connectivity index (χ3v) is 6.61. The molecular formula is C28H22O13. The van der Waals surface area contributed by atoms with Crippen molar-refractivity contribution in [1.29, 1.82) is 0 Å². The first-order valence-electron chi connectivity index (χ1n) is 11.8. The Hall–Kier alpha value is -5.85. The van der Waals surface area contributed by atoms with Crippen LogP contribution in [-0.2, 0) is 4.74 Å². The van der Waals surface area contributed by atoms with Crippen molar-refractivity contribution in [3.8, 4) is 63.2 Å². The number of esters is 1. The fourth-order valence-electron chi connectivity index (χ4n) is 4.81. The predicted octanol–water partition coefficient (Wildman–Crippen LogP) is 3.23. The lowest BCUT2D eigenvalue weighted by Crippen LogP contribution is -2.39. The molecule has 41 heavy (non-hydrogen) atoms. The van der Waals surface area contributed by atoms with Crippen LogP contribution < -0.4 is 4.74 Å². The molecule has 5 rings (SSSR count). The summed E-state index contributed by atoms with van der Waals surface area (Å²) in [6, 6.07) is 8.93. The van der Waals surface area contributed by atoms with Crippen LogP contribution in [-0.4, -0.2) is 63.1 Å². The van der Waals surface area contributed by atoms with Crippen molar-refractivity contribution in [2.24, 2.45) is 0 Å². The Kier molecular flexibility index (Phi) is 6.34. The summed E-state index contributed by atoms with van der Waals surface area (Å²) >= 11 is 0. The fourth-order valence-corrected chi connectivity index (χ4v) is 4.81. The Morgan fingerprint density at radius 1 is 0.610 bits per heavy atom. The number of fused-ring (bicyclic) bond motifs is 1. The Balaban J connectivity index is 1.76. The molecule has 212 valence electrons. The van der Waals surface area contributed by atoms with E-state index in [0.717, 1.165) is 48.5 Å². The van der Waals surface area contributed by atoms with Crippen LogP contribution >= 0.6 is 0 Å². The van der Waals surface area contributed by atoms with Gasteiger partial charge in [0.15, 0.2) is 41.0 Å². The first kappa shape index (κ1) is 26.7. The van der Waals surface area contributed by atoms with Crippen LogP contribution in [0.15, 0.2) is 54.6 Å². The molecule has 13 heteroatoms. The maximum atomic E-state index is 13.3. The van der Waals surface area contributed by atoms with Crippen LogP contribution in [0.2, 0.25) is 0 Å². The molecule has 4 aromatic carbocycles. The van der Waals surface area contributed by atoms with Crippen molar-refractivity contribution < 1.29 is 65.3 Å². The van der Waals surface area contributed by atoms with Crippen molar-refractivity contribution in [2.45, 2.75) is 18.1 Å². The standard InChI is InChI=1S/C28H22O13/c29-12-6-16(33)22(17(34)7-12)24-23-18(35)8-13(30)9-21(23)40-26(10-1-2-14(31)15(32)3-10)27(24)41-28(39)11-4-19(36)25(38)20(37)5-11/h1-9,24,26-27,29-38H/t24-,26+,27+/m0/s1. The van der Waals surface area contributed by atoms with E-state index in [-0.39, 0.29) is 22.4 Å². The van der Waals surface area contributed by atoms with Crippen molar-refractivity contribution in [2.75, 3.05) is 0 Å². The van der Waals surface area contributed by atoms with E-state index in [9.17, 15) is 55.9 Å². The third-order valence-electron chi connectivity index (χ3n) is 6.61.